The summed E-state index contributed by atoms with van der Waals surface area (Å²) >= 11 is 6.43. The number of aliphatic carboxylic acids is 1. The predicted octanol–water partition coefficient (Wildman–Crippen LogP) is 4.65. The van der Waals surface area contributed by atoms with E-state index in [0.29, 0.717) is 32.5 Å². The number of hydrogen-bond donors (Lipinski definition) is 1. The fourth-order valence-electron chi connectivity index (χ4n) is 3.57. The lowest BCUT2D eigenvalue weighted by molar-refractivity contribution is -0.137. The molecule has 0 aliphatic rings. The Labute approximate surface area is 169 Å². The maximum atomic E-state index is 13.2. The Morgan fingerprint density at radius 1 is 1.18 bits per heavy atom. The van der Waals surface area contributed by atoms with Crippen LogP contribution in [0.4, 0.5) is 5.69 Å². The first-order valence-electron chi connectivity index (χ1n) is 9.27. The van der Waals surface area contributed by atoms with Crippen molar-refractivity contribution < 1.29 is 9.90 Å². The topological polar surface area (TPSA) is 62.5 Å². The number of carbonyl (C=O) groups is 1. The molecule has 0 saturated heterocycles. The second kappa shape index (κ2) is 7.13. The Kier molecular flexibility index (Phi) is 5.15. The molecule has 0 bridgehead atoms. The first kappa shape index (κ1) is 20.2. The number of aromatic nitrogens is 1. The van der Waals surface area contributed by atoms with E-state index in [4.69, 9.17) is 11.6 Å². The minimum absolute atomic E-state index is 0.0913. The molecule has 0 unspecified atom stereocenters. The number of fused-ring (bicyclic) bond motifs is 2. The highest BCUT2D eigenvalue weighted by atomic mass is 35.5. The highest BCUT2D eigenvalue weighted by Crippen LogP contribution is 2.35. The molecule has 148 valence electrons. The van der Waals surface area contributed by atoms with Crippen molar-refractivity contribution in [3.05, 3.63) is 51.1 Å². The van der Waals surface area contributed by atoms with Gasteiger partial charge in [-0.1, -0.05) is 38.4 Å². The van der Waals surface area contributed by atoms with Gasteiger partial charge in [-0.15, -0.1) is 0 Å². The van der Waals surface area contributed by atoms with Gasteiger partial charge in [-0.2, -0.15) is 0 Å². The van der Waals surface area contributed by atoms with Crippen LogP contribution in [-0.2, 0) is 16.8 Å². The number of nitrogens with zero attached hydrogens (tertiary/aromatic N) is 2. The Balaban J connectivity index is 2.58. The summed E-state index contributed by atoms with van der Waals surface area (Å²) in [5.41, 5.74) is 2.65. The van der Waals surface area contributed by atoms with Crippen LogP contribution in [0.3, 0.4) is 0 Å². The first-order chi connectivity index (χ1) is 13.1. The highest BCUT2D eigenvalue weighted by molar-refractivity contribution is 6.35. The van der Waals surface area contributed by atoms with Gasteiger partial charge in [-0.05, 0) is 41.7 Å². The molecular weight excluding hydrogens is 376 g/mol. The average molecular weight is 401 g/mol. The molecule has 0 amide bonds. The molecule has 0 saturated carbocycles. The van der Waals surface area contributed by atoms with Gasteiger partial charge in [-0.3, -0.25) is 9.59 Å². The van der Waals surface area contributed by atoms with E-state index in [-0.39, 0.29) is 17.4 Å². The fraction of sp³-hybridized carbons (Fsp3) is 0.364. The summed E-state index contributed by atoms with van der Waals surface area (Å²) in [6.45, 7) is 6.12. The molecule has 2 aromatic carbocycles. The van der Waals surface area contributed by atoms with Gasteiger partial charge >= 0.3 is 5.97 Å². The van der Waals surface area contributed by atoms with Gasteiger partial charge < -0.3 is 14.6 Å². The molecule has 0 atom stereocenters. The summed E-state index contributed by atoms with van der Waals surface area (Å²) in [7, 11) is 3.66. The molecule has 0 aliphatic carbocycles. The Hall–Kier alpha value is -2.53. The molecule has 0 spiro atoms. The van der Waals surface area contributed by atoms with Crippen LogP contribution in [0.5, 0.6) is 0 Å². The fourth-order valence-corrected chi connectivity index (χ4v) is 3.90. The van der Waals surface area contributed by atoms with Crippen LogP contribution in [0, 0.1) is 0 Å². The van der Waals surface area contributed by atoms with Crippen LogP contribution in [0.1, 0.15) is 32.8 Å². The summed E-state index contributed by atoms with van der Waals surface area (Å²) in [5.74, 6) is -0.976. The third kappa shape index (κ3) is 3.24. The third-order valence-electron chi connectivity index (χ3n) is 5.56. The molecule has 1 N–H and O–H groups in total. The Bertz CT molecular complexity index is 1150. The molecule has 0 fully saturated rings. The van der Waals surface area contributed by atoms with Crippen molar-refractivity contribution in [1.82, 2.24) is 4.57 Å². The number of carboxylic acids is 1. The Morgan fingerprint density at radius 2 is 1.82 bits per heavy atom. The molecule has 1 aromatic heterocycles. The third-order valence-corrected chi connectivity index (χ3v) is 5.86. The lowest BCUT2D eigenvalue weighted by atomic mass is 9.82. The van der Waals surface area contributed by atoms with Crippen molar-refractivity contribution in [2.45, 2.75) is 39.2 Å². The molecule has 0 aliphatic heterocycles. The molecule has 28 heavy (non-hydrogen) atoms. The quantitative estimate of drug-likeness (QED) is 0.633. The van der Waals surface area contributed by atoms with Crippen LogP contribution in [-0.4, -0.2) is 29.7 Å². The van der Waals surface area contributed by atoms with Gasteiger partial charge in [0, 0.05) is 24.9 Å². The van der Waals surface area contributed by atoms with E-state index < -0.39 is 5.97 Å². The predicted molar refractivity (Wildman–Crippen MR) is 116 cm³/mol. The van der Waals surface area contributed by atoms with Crippen LogP contribution >= 0.6 is 11.6 Å². The SMILES string of the molecule is CCC(C)(C)c1ccc2c(=O)c3ccc(Cl)c(N(C)C)c3n(CC(=O)O)c2c1. The van der Waals surface area contributed by atoms with Gasteiger partial charge in [0.2, 0.25) is 0 Å². The van der Waals surface area contributed by atoms with E-state index in [2.05, 4.69) is 20.8 Å². The van der Waals surface area contributed by atoms with E-state index >= 15 is 0 Å². The first-order valence-corrected chi connectivity index (χ1v) is 9.64. The highest BCUT2D eigenvalue weighted by Gasteiger charge is 2.22. The number of anilines is 1. The van der Waals surface area contributed by atoms with Crippen LogP contribution in [0.15, 0.2) is 35.1 Å². The monoisotopic (exact) mass is 400 g/mol. The van der Waals surface area contributed by atoms with E-state index in [1.165, 1.54) is 0 Å². The zero-order valence-corrected chi connectivity index (χ0v) is 17.6. The van der Waals surface area contributed by atoms with Crippen molar-refractivity contribution in [3.63, 3.8) is 0 Å². The van der Waals surface area contributed by atoms with Gasteiger partial charge in [0.15, 0.2) is 5.43 Å². The molecule has 3 aromatic rings. The van der Waals surface area contributed by atoms with E-state index in [1.54, 1.807) is 16.7 Å². The molecule has 1 heterocycles. The summed E-state index contributed by atoms with van der Waals surface area (Å²) in [6, 6.07) is 9.09. The van der Waals surface area contributed by atoms with Crippen LogP contribution < -0.4 is 10.3 Å². The van der Waals surface area contributed by atoms with Crippen LogP contribution in [0.2, 0.25) is 5.02 Å². The van der Waals surface area contributed by atoms with E-state index in [1.807, 2.05) is 37.2 Å². The minimum atomic E-state index is -0.976. The maximum absolute atomic E-state index is 13.2. The lowest BCUT2D eigenvalue weighted by Crippen LogP contribution is -2.21. The van der Waals surface area contributed by atoms with Gasteiger partial charge in [0.1, 0.15) is 6.54 Å². The smallest absolute Gasteiger partial charge is 0.323 e. The van der Waals surface area contributed by atoms with Crippen molar-refractivity contribution in [2.75, 3.05) is 19.0 Å². The summed E-state index contributed by atoms with van der Waals surface area (Å²) < 4.78 is 1.70. The van der Waals surface area contributed by atoms with Crippen molar-refractivity contribution in [2.24, 2.45) is 0 Å². The van der Waals surface area contributed by atoms with Crippen LogP contribution in [0.25, 0.3) is 21.8 Å². The molecule has 5 nitrogen and oxygen atoms in total. The number of rotatable bonds is 5. The summed E-state index contributed by atoms with van der Waals surface area (Å²) in [4.78, 5) is 26.7. The summed E-state index contributed by atoms with van der Waals surface area (Å²) in [6.07, 6.45) is 0.921. The van der Waals surface area contributed by atoms with Gasteiger partial charge in [0.25, 0.3) is 0 Å². The second-order valence-corrected chi connectivity index (χ2v) is 8.37. The molecular formula is C22H25ClN2O3. The van der Waals surface area contributed by atoms with Crippen molar-refractivity contribution in [3.8, 4) is 0 Å². The number of hydrogen-bond acceptors (Lipinski definition) is 3. The van der Waals surface area contributed by atoms with Gasteiger partial charge in [0.05, 0.1) is 21.7 Å². The summed E-state index contributed by atoms with van der Waals surface area (Å²) in [5, 5.41) is 11.0. The van der Waals surface area contributed by atoms with Crippen molar-refractivity contribution in [1.29, 1.82) is 0 Å². The standard InChI is InChI=1S/C22H25ClN2O3/c1-6-22(2,3)13-7-8-14-17(11-13)25(12-18(26)27)19-15(21(14)28)9-10-16(23)20(19)24(4)5/h7-11H,6,12H2,1-5H3,(H,26,27). The maximum Gasteiger partial charge on any atom is 0.323 e. The van der Waals surface area contributed by atoms with E-state index in [9.17, 15) is 14.7 Å². The van der Waals surface area contributed by atoms with Gasteiger partial charge in [-0.25, -0.2) is 0 Å². The zero-order chi connectivity index (χ0) is 20.8. The number of benzene rings is 2. The minimum Gasteiger partial charge on any atom is -0.480 e. The van der Waals surface area contributed by atoms with E-state index in [0.717, 1.165) is 12.0 Å². The van der Waals surface area contributed by atoms with Crippen molar-refractivity contribution >= 4 is 45.1 Å². The number of halogens is 1. The normalized spacial score (nSPS) is 11.9. The number of pyridine rings is 1. The number of carboxylic acid groups (broad SMARTS) is 1. The Morgan fingerprint density at radius 3 is 2.39 bits per heavy atom. The zero-order valence-electron chi connectivity index (χ0n) is 16.8. The lowest BCUT2D eigenvalue weighted by Gasteiger charge is -2.25. The molecule has 0 radical (unpaired) electrons. The average Bonchev–Trinajstić information content (AvgIpc) is 2.63. The molecule has 6 heteroatoms. The molecule has 3 rings (SSSR count). The second-order valence-electron chi connectivity index (χ2n) is 7.96. The largest absolute Gasteiger partial charge is 0.480 e.